The van der Waals surface area contributed by atoms with Crippen molar-refractivity contribution in [2.75, 3.05) is 27.2 Å². The summed E-state index contributed by atoms with van der Waals surface area (Å²) in [7, 11) is 3.53. The molecule has 3 amide bonds. The Morgan fingerprint density at radius 3 is 2.48 bits per heavy atom. The van der Waals surface area contributed by atoms with Crippen molar-refractivity contribution in [2.24, 2.45) is 0 Å². The molecule has 1 unspecified atom stereocenters. The second kappa shape index (κ2) is 9.84. The topological polar surface area (TPSA) is 70.7 Å². The van der Waals surface area contributed by atoms with Gasteiger partial charge in [-0.05, 0) is 58.0 Å². The number of likely N-dealkylation sites (N-methyl/N-ethyl adjacent to an activating group) is 1. The van der Waals surface area contributed by atoms with Gasteiger partial charge in [0.2, 0.25) is 5.91 Å². The number of amides is 3. The number of benzene rings is 1. The lowest BCUT2D eigenvalue weighted by Crippen LogP contribution is -2.48. The van der Waals surface area contributed by atoms with E-state index in [0.717, 1.165) is 25.1 Å². The molecule has 0 aliphatic carbocycles. The molecule has 0 bridgehead atoms. The predicted octanol–water partition coefficient (Wildman–Crippen LogP) is 1.79. The van der Waals surface area contributed by atoms with Crippen LogP contribution in [0.2, 0.25) is 0 Å². The minimum Gasteiger partial charge on any atom is -0.497 e. The molecule has 0 saturated heterocycles. The van der Waals surface area contributed by atoms with Crippen LogP contribution in [0.25, 0.3) is 0 Å². The fourth-order valence-corrected chi connectivity index (χ4v) is 2.14. The van der Waals surface area contributed by atoms with Gasteiger partial charge in [0.15, 0.2) is 0 Å². The third-order valence-electron chi connectivity index (χ3n) is 3.75. The SMILES string of the molecule is CCNC(=O)NC(=O)C(C)N(C)CCCc1ccc(OC)cc1. The van der Waals surface area contributed by atoms with Crippen molar-refractivity contribution in [3.8, 4) is 5.75 Å². The van der Waals surface area contributed by atoms with Crippen LogP contribution < -0.4 is 15.4 Å². The van der Waals surface area contributed by atoms with Crippen LogP contribution in [0.3, 0.4) is 0 Å². The zero-order chi connectivity index (χ0) is 17.2. The van der Waals surface area contributed by atoms with Gasteiger partial charge >= 0.3 is 6.03 Å². The van der Waals surface area contributed by atoms with Gasteiger partial charge in [-0.15, -0.1) is 0 Å². The van der Waals surface area contributed by atoms with E-state index in [1.54, 1.807) is 21.0 Å². The molecule has 23 heavy (non-hydrogen) atoms. The van der Waals surface area contributed by atoms with Gasteiger partial charge in [0.05, 0.1) is 13.2 Å². The van der Waals surface area contributed by atoms with E-state index in [1.807, 2.05) is 36.2 Å². The Hall–Kier alpha value is -2.08. The molecule has 0 saturated carbocycles. The Morgan fingerprint density at radius 2 is 1.91 bits per heavy atom. The summed E-state index contributed by atoms with van der Waals surface area (Å²) in [4.78, 5) is 25.2. The third-order valence-corrected chi connectivity index (χ3v) is 3.75. The number of ether oxygens (including phenoxy) is 1. The summed E-state index contributed by atoms with van der Waals surface area (Å²) in [6.07, 6.45) is 1.86. The van der Waals surface area contributed by atoms with Gasteiger partial charge in [0.25, 0.3) is 0 Å². The van der Waals surface area contributed by atoms with E-state index >= 15 is 0 Å². The normalized spacial score (nSPS) is 11.9. The van der Waals surface area contributed by atoms with E-state index in [1.165, 1.54) is 5.56 Å². The van der Waals surface area contributed by atoms with Gasteiger partial charge in [-0.2, -0.15) is 0 Å². The summed E-state index contributed by atoms with van der Waals surface area (Å²) >= 11 is 0. The van der Waals surface area contributed by atoms with E-state index in [9.17, 15) is 9.59 Å². The van der Waals surface area contributed by atoms with Crippen molar-refractivity contribution in [3.63, 3.8) is 0 Å². The maximum Gasteiger partial charge on any atom is 0.321 e. The molecule has 0 spiro atoms. The van der Waals surface area contributed by atoms with Crippen LogP contribution in [0, 0.1) is 0 Å². The first-order valence-electron chi connectivity index (χ1n) is 7.89. The molecule has 0 fully saturated rings. The maximum atomic E-state index is 11.9. The third kappa shape index (κ3) is 6.69. The lowest BCUT2D eigenvalue weighted by Gasteiger charge is -2.23. The molecule has 2 N–H and O–H groups in total. The number of nitrogens with zero attached hydrogens (tertiary/aromatic N) is 1. The number of rotatable bonds is 8. The Balaban J connectivity index is 2.35. The molecular formula is C17H27N3O3. The molecule has 1 aromatic carbocycles. The average molecular weight is 321 g/mol. The summed E-state index contributed by atoms with van der Waals surface area (Å²) in [5.74, 6) is 0.560. The molecule has 0 aliphatic rings. The van der Waals surface area contributed by atoms with E-state index < -0.39 is 6.03 Å². The minimum absolute atomic E-state index is 0.289. The number of carbonyl (C=O) groups excluding carboxylic acids is 2. The number of urea groups is 1. The van der Waals surface area contributed by atoms with Crippen molar-refractivity contribution in [3.05, 3.63) is 29.8 Å². The summed E-state index contributed by atoms with van der Waals surface area (Å²) in [5, 5.41) is 4.88. The van der Waals surface area contributed by atoms with Crippen LogP contribution in [0.15, 0.2) is 24.3 Å². The number of hydrogen-bond donors (Lipinski definition) is 2. The quantitative estimate of drug-likeness (QED) is 0.766. The Labute approximate surface area is 138 Å². The summed E-state index contributed by atoms with van der Waals surface area (Å²) in [6.45, 7) is 4.86. The van der Waals surface area contributed by atoms with Gasteiger partial charge in [-0.25, -0.2) is 4.79 Å². The Bertz CT molecular complexity index is 502. The number of aryl methyl sites for hydroxylation is 1. The summed E-state index contributed by atoms with van der Waals surface area (Å²) < 4.78 is 5.13. The van der Waals surface area contributed by atoms with Gasteiger partial charge in [0.1, 0.15) is 5.75 Å². The second-order valence-electron chi connectivity index (χ2n) is 5.46. The molecule has 0 aliphatic heterocycles. The highest BCUT2D eigenvalue weighted by Gasteiger charge is 2.19. The first-order chi connectivity index (χ1) is 11.0. The minimum atomic E-state index is -0.448. The highest BCUT2D eigenvalue weighted by atomic mass is 16.5. The molecule has 0 radical (unpaired) electrons. The van der Waals surface area contributed by atoms with E-state index in [-0.39, 0.29) is 11.9 Å². The van der Waals surface area contributed by atoms with Crippen molar-refractivity contribution in [2.45, 2.75) is 32.7 Å². The molecule has 6 heteroatoms. The van der Waals surface area contributed by atoms with E-state index in [2.05, 4.69) is 10.6 Å². The number of methoxy groups -OCH3 is 1. The summed E-state index contributed by atoms with van der Waals surface area (Å²) in [5.41, 5.74) is 1.23. The largest absolute Gasteiger partial charge is 0.497 e. The molecule has 6 nitrogen and oxygen atoms in total. The fourth-order valence-electron chi connectivity index (χ4n) is 2.14. The molecular weight excluding hydrogens is 294 g/mol. The van der Waals surface area contributed by atoms with Gasteiger partial charge < -0.3 is 10.1 Å². The van der Waals surface area contributed by atoms with Crippen LogP contribution in [-0.2, 0) is 11.2 Å². The number of carbonyl (C=O) groups is 2. The zero-order valence-corrected chi connectivity index (χ0v) is 14.4. The molecule has 0 heterocycles. The van der Waals surface area contributed by atoms with Gasteiger partial charge in [0, 0.05) is 6.54 Å². The molecule has 128 valence electrons. The van der Waals surface area contributed by atoms with Crippen molar-refractivity contribution < 1.29 is 14.3 Å². The van der Waals surface area contributed by atoms with Gasteiger partial charge in [-0.1, -0.05) is 12.1 Å². The summed E-state index contributed by atoms with van der Waals surface area (Å²) in [6, 6.07) is 7.18. The lowest BCUT2D eigenvalue weighted by atomic mass is 10.1. The van der Waals surface area contributed by atoms with E-state index in [0.29, 0.717) is 6.54 Å². The molecule has 1 rings (SSSR count). The Kier molecular flexibility index (Phi) is 8.11. The molecule has 0 aromatic heterocycles. The monoisotopic (exact) mass is 321 g/mol. The fraction of sp³-hybridized carbons (Fsp3) is 0.529. The van der Waals surface area contributed by atoms with Crippen LogP contribution in [0.5, 0.6) is 5.75 Å². The molecule has 1 aromatic rings. The number of nitrogens with one attached hydrogen (secondary N) is 2. The predicted molar refractivity (Wildman–Crippen MR) is 90.6 cm³/mol. The zero-order valence-electron chi connectivity index (χ0n) is 14.4. The second-order valence-corrected chi connectivity index (χ2v) is 5.46. The van der Waals surface area contributed by atoms with E-state index in [4.69, 9.17) is 4.74 Å². The van der Waals surface area contributed by atoms with Gasteiger partial charge in [-0.3, -0.25) is 15.0 Å². The van der Waals surface area contributed by atoms with Crippen molar-refractivity contribution >= 4 is 11.9 Å². The maximum absolute atomic E-state index is 11.9. The highest BCUT2D eigenvalue weighted by Crippen LogP contribution is 2.12. The first kappa shape index (κ1) is 19.0. The smallest absolute Gasteiger partial charge is 0.321 e. The van der Waals surface area contributed by atoms with Crippen LogP contribution >= 0.6 is 0 Å². The van der Waals surface area contributed by atoms with Crippen LogP contribution in [0.1, 0.15) is 25.8 Å². The van der Waals surface area contributed by atoms with Crippen LogP contribution in [-0.4, -0.2) is 50.1 Å². The van der Waals surface area contributed by atoms with Crippen LogP contribution in [0.4, 0.5) is 4.79 Å². The van der Waals surface area contributed by atoms with Crippen molar-refractivity contribution in [1.29, 1.82) is 0 Å². The number of imide groups is 1. The standard InChI is InChI=1S/C17H27N3O3/c1-5-18-17(22)19-16(21)13(2)20(3)12-6-7-14-8-10-15(23-4)11-9-14/h8-11,13H,5-7,12H2,1-4H3,(H2,18,19,21,22). The lowest BCUT2D eigenvalue weighted by molar-refractivity contribution is -0.124. The molecule has 1 atom stereocenters. The van der Waals surface area contributed by atoms with Crippen molar-refractivity contribution in [1.82, 2.24) is 15.5 Å². The highest BCUT2D eigenvalue weighted by molar-refractivity contribution is 5.96. The number of hydrogen-bond acceptors (Lipinski definition) is 4. The Morgan fingerprint density at radius 1 is 1.26 bits per heavy atom. The first-order valence-corrected chi connectivity index (χ1v) is 7.89. The average Bonchev–Trinajstić information content (AvgIpc) is 2.54.